The van der Waals surface area contributed by atoms with Gasteiger partial charge in [-0.2, -0.15) is 0 Å². The van der Waals surface area contributed by atoms with Crippen molar-refractivity contribution in [2.45, 2.75) is 0 Å². The number of benzene rings is 1. The maximum atomic E-state index is 12.2. The van der Waals surface area contributed by atoms with Gasteiger partial charge in [-0.3, -0.25) is 4.79 Å². The molecule has 0 radical (unpaired) electrons. The molecular weight excluding hydrogens is 244 g/mol. The summed E-state index contributed by atoms with van der Waals surface area (Å²) in [7, 11) is 0. The van der Waals surface area contributed by atoms with Crippen molar-refractivity contribution < 1.29 is 9.53 Å². The van der Waals surface area contributed by atoms with Gasteiger partial charge >= 0.3 is 0 Å². The Morgan fingerprint density at radius 1 is 1.32 bits per heavy atom. The first-order valence-electron chi connectivity index (χ1n) is 5.90. The molecule has 0 bridgehead atoms. The first-order valence-corrected chi connectivity index (χ1v) is 5.90. The van der Waals surface area contributed by atoms with E-state index in [-0.39, 0.29) is 5.91 Å². The summed E-state index contributed by atoms with van der Waals surface area (Å²) in [6.45, 7) is 1.29. The Labute approximate surface area is 109 Å². The monoisotopic (exact) mass is 256 g/mol. The average Bonchev–Trinajstić information content (AvgIpc) is 2.47. The van der Waals surface area contributed by atoms with E-state index in [0.717, 1.165) is 12.2 Å². The van der Waals surface area contributed by atoms with Gasteiger partial charge in [0, 0.05) is 6.54 Å². The lowest BCUT2D eigenvalue weighted by molar-refractivity contribution is 0.102. The molecule has 3 rings (SSSR count). The van der Waals surface area contributed by atoms with E-state index in [4.69, 9.17) is 4.74 Å². The second-order valence-electron chi connectivity index (χ2n) is 4.04. The van der Waals surface area contributed by atoms with Gasteiger partial charge in [0.1, 0.15) is 12.9 Å². The van der Waals surface area contributed by atoms with Crippen LogP contribution in [0.2, 0.25) is 0 Å². The van der Waals surface area contributed by atoms with Gasteiger partial charge in [0.2, 0.25) is 0 Å². The third-order valence-corrected chi connectivity index (χ3v) is 2.74. The van der Waals surface area contributed by atoms with Gasteiger partial charge < -0.3 is 15.4 Å². The number of nitrogens with one attached hydrogen (secondary N) is 2. The van der Waals surface area contributed by atoms with E-state index >= 15 is 0 Å². The lowest BCUT2D eigenvalue weighted by atomic mass is 10.1. The molecule has 0 aliphatic carbocycles. The van der Waals surface area contributed by atoms with Gasteiger partial charge in [-0.25, -0.2) is 9.97 Å². The Bertz CT molecular complexity index is 601. The second kappa shape index (κ2) is 4.93. The third-order valence-electron chi connectivity index (χ3n) is 2.74. The standard InChI is InChI=1S/C13H12N4O2/c18-13(17-9-6-14-8-15-7-9)10-2-1-3-11-12(10)19-5-4-16-11/h1-3,6-8,16H,4-5H2,(H,17,18). The SMILES string of the molecule is O=C(Nc1cncnc1)c1cccc2c1OCCN2. The maximum Gasteiger partial charge on any atom is 0.259 e. The number of fused-ring (bicyclic) bond motifs is 1. The molecule has 6 nitrogen and oxygen atoms in total. The maximum absolute atomic E-state index is 12.2. The number of ether oxygens (including phenoxy) is 1. The summed E-state index contributed by atoms with van der Waals surface area (Å²) in [5, 5.41) is 5.93. The van der Waals surface area contributed by atoms with Crippen molar-refractivity contribution in [2.24, 2.45) is 0 Å². The van der Waals surface area contributed by atoms with Crippen molar-refractivity contribution in [2.75, 3.05) is 23.8 Å². The second-order valence-corrected chi connectivity index (χ2v) is 4.04. The highest BCUT2D eigenvalue weighted by atomic mass is 16.5. The largest absolute Gasteiger partial charge is 0.489 e. The zero-order valence-electron chi connectivity index (χ0n) is 10.1. The zero-order valence-corrected chi connectivity index (χ0v) is 10.1. The van der Waals surface area contributed by atoms with E-state index in [1.807, 2.05) is 12.1 Å². The highest BCUT2D eigenvalue weighted by Gasteiger charge is 2.18. The van der Waals surface area contributed by atoms with E-state index in [1.54, 1.807) is 18.5 Å². The Morgan fingerprint density at radius 3 is 3.00 bits per heavy atom. The van der Waals surface area contributed by atoms with Crippen LogP contribution in [0.5, 0.6) is 5.75 Å². The van der Waals surface area contributed by atoms with Crippen molar-refractivity contribution in [1.82, 2.24) is 9.97 Å². The van der Waals surface area contributed by atoms with Crippen molar-refractivity contribution in [3.63, 3.8) is 0 Å². The zero-order chi connectivity index (χ0) is 13.1. The first kappa shape index (κ1) is 11.5. The molecule has 1 aliphatic heterocycles. The van der Waals surface area contributed by atoms with Gasteiger partial charge in [0.25, 0.3) is 5.91 Å². The molecule has 0 fully saturated rings. The Morgan fingerprint density at radius 2 is 2.16 bits per heavy atom. The first-order chi connectivity index (χ1) is 9.34. The van der Waals surface area contributed by atoms with Crippen LogP contribution in [-0.2, 0) is 0 Å². The Hall–Kier alpha value is -2.63. The number of nitrogens with zero attached hydrogens (tertiary/aromatic N) is 2. The van der Waals surface area contributed by atoms with Gasteiger partial charge in [-0.05, 0) is 12.1 Å². The minimum absolute atomic E-state index is 0.240. The van der Waals surface area contributed by atoms with Crippen molar-refractivity contribution in [3.8, 4) is 5.75 Å². The number of rotatable bonds is 2. The van der Waals surface area contributed by atoms with E-state index in [2.05, 4.69) is 20.6 Å². The summed E-state index contributed by atoms with van der Waals surface area (Å²) in [6.07, 6.45) is 4.49. The number of para-hydroxylation sites is 1. The lowest BCUT2D eigenvalue weighted by Crippen LogP contribution is -2.21. The van der Waals surface area contributed by atoms with Gasteiger partial charge in [-0.15, -0.1) is 0 Å². The van der Waals surface area contributed by atoms with Crippen LogP contribution in [0.1, 0.15) is 10.4 Å². The number of carbonyl (C=O) groups excluding carboxylic acids is 1. The Balaban J connectivity index is 1.88. The molecule has 1 aromatic carbocycles. The average molecular weight is 256 g/mol. The van der Waals surface area contributed by atoms with E-state index < -0.39 is 0 Å². The van der Waals surface area contributed by atoms with Crippen molar-refractivity contribution in [1.29, 1.82) is 0 Å². The highest BCUT2D eigenvalue weighted by molar-refractivity contribution is 6.07. The summed E-state index contributed by atoms with van der Waals surface area (Å²) in [5.41, 5.74) is 1.88. The minimum Gasteiger partial charge on any atom is -0.489 e. The molecule has 1 amide bonds. The number of hydrogen-bond acceptors (Lipinski definition) is 5. The van der Waals surface area contributed by atoms with E-state index in [1.165, 1.54) is 6.33 Å². The smallest absolute Gasteiger partial charge is 0.259 e. The highest BCUT2D eigenvalue weighted by Crippen LogP contribution is 2.31. The molecule has 0 atom stereocenters. The normalized spacial score (nSPS) is 12.8. The molecule has 0 saturated heterocycles. The number of hydrogen-bond donors (Lipinski definition) is 2. The van der Waals surface area contributed by atoms with Crippen LogP contribution in [0.4, 0.5) is 11.4 Å². The molecule has 1 aliphatic rings. The summed E-state index contributed by atoms with van der Waals surface area (Å²) < 4.78 is 5.56. The lowest BCUT2D eigenvalue weighted by Gasteiger charge is -2.21. The summed E-state index contributed by atoms with van der Waals surface area (Å²) in [5.74, 6) is 0.346. The number of anilines is 2. The van der Waals surface area contributed by atoms with Crippen LogP contribution >= 0.6 is 0 Å². The molecule has 2 aromatic rings. The molecule has 0 unspecified atom stereocenters. The van der Waals surface area contributed by atoms with Gasteiger partial charge in [0.05, 0.1) is 29.3 Å². The van der Waals surface area contributed by atoms with E-state index in [9.17, 15) is 4.79 Å². The molecule has 2 heterocycles. The molecule has 96 valence electrons. The van der Waals surface area contributed by atoms with Crippen LogP contribution in [0.3, 0.4) is 0 Å². The molecule has 19 heavy (non-hydrogen) atoms. The fourth-order valence-corrected chi connectivity index (χ4v) is 1.91. The third kappa shape index (κ3) is 2.33. The molecule has 0 spiro atoms. The quantitative estimate of drug-likeness (QED) is 0.852. The van der Waals surface area contributed by atoms with E-state index in [0.29, 0.717) is 23.6 Å². The minimum atomic E-state index is -0.240. The Kier molecular flexibility index (Phi) is 2.97. The molecule has 0 saturated carbocycles. The number of carbonyl (C=O) groups is 1. The predicted octanol–water partition coefficient (Wildman–Crippen LogP) is 1.53. The number of aromatic nitrogens is 2. The number of amides is 1. The fraction of sp³-hybridized carbons (Fsp3) is 0.154. The van der Waals surface area contributed by atoms with Crippen LogP contribution in [0.25, 0.3) is 0 Å². The van der Waals surface area contributed by atoms with Crippen LogP contribution in [0, 0.1) is 0 Å². The van der Waals surface area contributed by atoms with Crippen LogP contribution < -0.4 is 15.4 Å². The molecule has 2 N–H and O–H groups in total. The molecule has 6 heteroatoms. The van der Waals surface area contributed by atoms with Gasteiger partial charge in [0.15, 0.2) is 5.75 Å². The topological polar surface area (TPSA) is 76.1 Å². The summed E-state index contributed by atoms with van der Waals surface area (Å²) in [4.78, 5) is 19.9. The fourth-order valence-electron chi connectivity index (χ4n) is 1.91. The van der Waals surface area contributed by atoms with Crippen LogP contribution in [-0.4, -0.2) is 29.0 Å². The summed E-state index contributed by atoms with van der Waals surface area (Å²) in [6, 6.07) is 5.43. The summed E-state index contributed by atoms with van der Waals surface area (Å²) >= 11 is 0. The molecular formula is C13H12N4O2. The van der Waals surface area contributed by atoms with Gasteiger partial charge in [-0.1, -0.05) is 6.07 Å². The van der Waals surface area contributed by atoms with Crippen molar-refractivity contribution in [3.05, 3.63) is 42.5 Å². The predicted molar refractivity (Wildman–Crippen MR) is 70.4 cm³/mol. The van der Waals surface area contributed by atoms with Crippen molar-refractivity contribution >= 4 is 17.3 Å². The molecule has 1 aromatic heterocycles. The van der Waals surface area contributed by atoms with Crippen LogP contribution in [0.15, 0.2) is 36.9 Å².